The molecule has 0 aliphatic carbocycles. The number of carbonyl (C=O) groups excluding carboxylic acids is 1. The van der Waals surface area contributed by atoms with Gasteiger partial charge in [0.25, 0.3) is 5.69 Å². The van der Waals surface area contributed by atoms with Crippen LogP contribution in [0.3, 0.4) is 0 Å². The molecule has 1 amide bonds. The molecule has 0 spiro atoms. The lowest BCUT2D eigenvalue weighted by Gasteiger charge is -2.16. The first-order chi connectivity index (χ1) is 12.2. The molecule has 2 aromatic rings. The Morgan fingerprint density at radius 2 is 1.65 bits per heavy atom. The fourth-order valence-corrected chi connectivity index (χ4v) is 3.69. The highest BCUT2D eigenvalue weighted by atomic mass is 32.2. The quantitative estimate of drug-likeness (QED) is 0.591. The average Bonchev–Trinajstić information content (AvgIpc) is 2.65. The highest BCUT2D eigenvalue weighted by molar-refractivity contribution is 7.92. The largest absolute Gasteiger partial charge is 0.354 e. The topological polar surface area (TPSA) is 106 Å². The molecule has 0 unspecified atom stereocenters. The van der Waals surface area contributed by atoms with Crippen LogP contribution in [0.5, 0.6) is 0 Å². The summed E-state index contributed by atoms with van der Waals surface area (Å²) in [6, 6.07) is 14.1. The van der Waals surface area contributed by atoms with E-state index in [1.165, 1.54) is 6.92 Å². The predicted octanol–water partition coefficient (Wildman–Crippen LogP) is 2.68. The first kappa shape index (κ1) is 19.6. The number of sulfone groups is 1. The van der Waals surface area contributed by atoms with Gasteiger partial charge < -0.3 is 5.32 Å². The van der Waals surface area contributed by atoms with E-state index in [1.807, 2.05) is 37.3 Å². The van der Waals surface area contributed by atoms with Gasteiger partial charge in [0.15, 0.2) is 9.84 Å². The summed E-state index contributed by atoms with van der Waals surface area (Å²) in [6.07, 6.45) is 0. The molecule has 1 N–H and O–H groups in total. The molecular weight excluding hydrogens is 356 g/mol. The molecule has 0 aliphatic heterocycles. The molecule has 138 valence electrons. The van der Waals surface area contributed by atoms with Crippen LogP contribution in [-0.2, 0) is 14.6 Å². The zero-order valence-corrected chi connectivity index (χ0v) is 15.3. The summed E-state index contributed by atoms with van der Waals surface area (Å²) in [4.78, 5) is 22.2. The Bertz CT molecular complexity index is 880. The number of amides is 1. The van der Waals surface area contributed by atoms with Crippen molar-refractivity contribution < 1.29 is 18.1 Å². The van der Waals surface area contributed by atoms with Crippen LogP contribution in [0.2, 0.25) is 0 Å². The molecule has 2 atom stereocenters. The van der Waals surface area contributed by atoms with E-state index in [0.717, 1.165) is 29.8 Å². The number of hydrogen-bond acceptors (Lipinski definition) is 5. The van der Waals surface area contributed by atoms with Crippen molar-refractivity contribution >= 4 is 21.4 Å². The Morgan fingerprint density at radius 1 is 1.08 bits per heavy atom. The molecule has 0 aliphatic rings. The zero-order chi connectivity index (χ0) is 19.3. The van der Waals surface area contributed by atoms with Gasteiger partial charge in [0.1, 0.15) is 5.25 Å². The Morgan fingerprint density at radius 3 is 2.19 bits per heavy atom. The predicted molar refractivity (Wildman–Crippen MR) is 97.6 cm³/mol. The minimum Gasteiger partial charge on any atom is -0.354 e. The lowest BCUT2D eigenvalue weighted by Crippen LogP contribution is -2.39. The van der Waals surface area contributed by atoms with E-state index < -0.39 is 25.9 Å². The number of carbonyl (C=O) groups is 1. The van der Waals surface area contributed by atoms with Crippen LogP contribution < -0.4 is 5.32 Å². The summed E-state index contributed by atoms with van der Waals surface area (Å²) in [5.41, 5.74) is 0.830. The van der Waals surface area contributed by atoms with Crippen molar-refractivity contribution in [1.82, 2.24) is 5.32 Å². The number of benzene rings is 2. The van der Waals surface area contributed by atoms with E-state index in [-0.39, 0.29) is 16.5 Å². The van der Waals surface area contributed by atoms with Crippen LogP contribution >= 0.6 is 0 Å². The second-order valence-electron chi connectivity index (χ2n) is 6.00. The third kappa shape index (κ3) is 4.45. The van der Waals surface area contributed by atoms with E-state index in [9.17, 15) is 23.3 Å². The van der Waals surface area contributed by atoms with Gasteiger partial charge in [0, 0.05) is 18.7 Å². The van der Waals surface area contributed by atoms with Gasteiger partial charge in [-0.3, -0.25) is 14.9 Å². The normalized spacial score (nSPS) is 13.6. The SMILES string of the molecule is C[C@@H](CNC(=O)[C@H](C)S(=O)(=O)c1ccc([N+](=O)[O-])cc1)c1ccccc1. The smallest absolute Gasteiger partial charge is 0.269 e. The van der Waals surface area contributed by atoms with Gasteiger partial charge in [-0.05, 0) is 30.5 Å². The second kappa shape index (κ2) is 8.09. The van der Waals surface area contributed by atoms with Gasteiger partial charge in [-0.1, -0.05) is 37.3 Å². The van der Waals surface area contributed by atoms with E-state index in [2.05, 4.69) is 5.32 Å². The molecule has 0 radical (unpaired) electrons. The van der Waals surface area contributed by atoms with Crippen molar-refractivity contribution in [3.8, 4) is 0 Å². The molecule has 8 heteroatoms. The summed E-state index contributed by atoms with van der Waals surface area (Å²) in [6.45, 7) is 3.55. The molecule has 26 heavy (non-hydrogen) atoms. The number of hydrogen-bond donors (Lipinski definition) is 1. The maximum Gasteiger partial charge on any atom is 0.269 e. The van der Waals surface area contributed by atoms with E-state index in [4.69, 9.17) is 0 Å². The third-order valence-electron chi connectivity index (χ3n) is 4.16. The molecule has 0 aromatic heterocycles. The van der Waals surface area contributed by atoms with Crippen molar-refractivity contribution in [2.24, 2.45) is 0 Å². The molecule has 0 bridgehead atoms. The van der Waals surface area contributed by atoms with E-state index in [0.29, 0.717) is 6.54 Å². The van der Waals surface area contributed by atoms with E-state index in [1.54, 1.807) is 0 Å². The fourth-order valence-electron chi connectivity index (χ4n) is 2.40. The highest BCUT2D eigenvalue weighted by Crippen LogP contribution is 2.20. The summed E-state index contributed by atoms with van der Waals surface area (Å²) < 4.78 is 25.1. The van der Waals surface area contributed by atoms with Gasteiger partial charge in [-0.25, -0.2) is 8.42 Å². The summed E-state index contributed by atoms with van der Waals surface area (Å²) in [5.74, 6) is -0.569. The van der Waals surface area contributed by atoms with E-state index >= 15 is 0 Å². The van der Waals surface area contributed by atoms with Gasteiger partial charge >= 0.3 is 0 Å². The molecule has 7 nitrogen and oxygen atoms in total. The summed E-state index contributed by atoms with van der Waals surface area (Å²) in [7, 11) is -3.93. The molecule has 0 saturated heterocycles. The maximum atomic E-state index is 12.5. The fraction of sp³-hybridized carbons (Fsp3) is 0.278. The Kier molecular flexibility index (Phi) is 6.10. The minimum absolute atomic E-state index is 0.0365. The monoisotopic (exact) mass is 376 g/mol. The molecule has 0 fully saturated rings. The van der Waals surface area contributed by atoms with Crippen LogP contribution in [-0.4, -0.2) is 31.0 Å². The van der Waals surface area contributed by atoms with Crippen LogP contribution in [0.15, 0.2) is 59.5 Å². The van der Waals surface area contributed by atoms with Gasteiger partial charge in [-0.2, -0.15) is 0 Å². The lowest BCUT2D eigenvalue weighted by atomic mass is 10.0. The number of nitro groups is 1. The van der Waals surface area contributed by atoms with Crippen molar-refractivity contribution in [2.75, 3.05) is 6.54 Å². The molecular formula is C18H20N2O5S. The van der Waals surface area contributed by atoms with Crippen LogP contribution in [0, 0.1) is 10.1 Å². The summed E-state index contributed by atoms with van der Waals surface area (Å²) >= 11 is 0. The average molecular weight is 376 g/mol. The number of nitrogens with one attached hydrogen (secondary N) is 1. The number of non-ortho nitro benzene ring substituents is 1. The minimum atomic E-state index is -3.93. The number of nitro benzene ring substituents is 1. The third-order valence-corrected chi connectivity index (χ3v) is 6.24. The van der Waals surface area contributed by atoms with Crippen LogP contribution in [0.1, 0.15) is 25.3 Å². The van der Waals surface area contributed by atoms with Gasteiger partial charge in [-0.15, -0.1) is 0 Å². The lowest BCUT2D eigenvalue weighted by molar-refractivity contribution is -0.384. The Hall–Kier alpha value is -2.74. The standard InChI is InChI=1S/C18H20N2O5S/c1-13(15-6-4-3-5-7-15)12-19-18(21)14(2)26(24,25)17-10-8-16(9-11-17)20(22)23/h3-11,13-14H,12H2,1-2H3,(H,19,21)/t13-,14-/m0/s1. The Balaban J connectivity index is 2.05. The van der Waals surface area contributed by atoms with Crippen LogP contribution in [0.4, 0.5) is 5.69 Å². The molecule has 0 saturated carbocycles. The number of nitrogens with zero attached hydrogens (tertiary/aromatic N) is 1. The first-order valence-electron chi connectivity index (χ1n) is 8.04. The van der Waals surface area contributed by atoms with Crippen molar-refractivity contribution in [2.45, 2.75) is 29.9 Å². The van der Waals surface area contributed by atoms with Gasteiger partial charge in [0.2, 0.25) is 5.91 Å². The maximum absolute atomic E-state index is 12.5. The Labute approximate surface area is 152 Å². The molecule has 2 aromatic carbocycles. The van der Waals surface area contributed by atoms with Crippen molar-refractivity contribution in [1.29, 1.82) is 0 Å². The summed E-state index contributed by atoms with van der Waals surface area (Å²) in [5, 5.41) is 12.0. The van der Waals surface area contributed by atoms with Gasteiger partial charge in [0.05, 0.1) is 9.82 Å². The van der Waals surface area contributed by atoms with Crippen LogP contribution in [0.25, 0.3) is 0 Å². The molecule has 2 rings (SSSR count). The number of rotatable bonds is 7. The van der Waals surface area contributed by atoms with Crippen molar-refractivity contribution in [3.63, 3.8) is 0 Å². The first-order valence-corrected chi connectivity index (χ1v) is 9.59. The second-order valence-corrected chi connectivity index (χ2v) is 8.26. The zero-order valence-electron chi connectivity index (χ0n) is 14.5. The highest BCUT2D eigenvalue weighted by Gasteiger charge is 2.30. The van der Waals surface area contributed by atoms with Crippen molar-refractivity contribution in [3.05, 3.63) is 70.3 Å². The molecule has 0 heterocycles.